The summed E-state index contributed by atoms with van der Waals surface area (Å²) in [7, 11) is 2.09. The van der Waals surface area contributed by atoms with Gasteiger partial charge in [0.05, 0.1) is 18.8 Å². The number of pyridine rings is 1. The smallest absolute Gasteiger partial charge is 0.293 e. The van der Waals surface area contributed by atoms with Gasteiger partial charge in [0.2, 0.25) is 0 Å². The molecule has 3 unspecified atom stereocenters. The molecule has 0 amide bonds. The fourth-order valence-corrected chi connectivity index (χ4v) is 7.17. The van der Waals surface area contributed by atoms with Crippen LogP contribution in [0.3, 0.4) is 0 Å². The van der Waals surface area contributed by atoms with Gasteiger partial charge in [-0.05, 0) is 94.4 Å². The van der Waals surface area contributed by atoms with E-state index in [-0.39, 0.29) is 18.2 Å². The third-order valence-corrected chi connectivity index (χ3v) is 10.4. The van der Waals surface area contributed by atoms with Crippen LogP contribution in [0.1, 0.15) is 151 Å². The van der Waals surface area contributed by atoms with Crippen molar-refractivity contribution >= 4 is 24.2 Å². The first-order valence-electron chi connectivity index (χ1n) is 18.5. The average molecular weight is 670 g/mol. The molecule has 3 aliphatic rings. The van der Waals surface area contributed by atoms with Gasteiger partial charge in [-0.25, -0.2) is 9.29 Å². The number of hydrogen-bond acceptors (Lipinski definition) is 8. The number of aryl methyl sites for hydroxylation is 2. The highest BCUT2D eigenvalue weighted by molar-refractivity contribution is 7.96. The molecule has 264 valence electrons. The summed E-state index contributed by atoms with van der Waals surface area (Å²) < 4.78 is 19.6. The Morgan fingerprint density at radius 1 is 1.09 bits per heavy atom. The van der Waals surface area contributed by atoms with Crippen molar-refractivity contribution in [2.24, 2.45) is 0 Å². The zero-order valence-corrected chi connectivity index (χ0v) is 31.0. The predicted molar refractivity (Wildman–Crippen MR) is 197 cm³/mol. The Morgan fingerprint density at radius 3 is 2.64 bits per heavy atom. The van der Waals surface area contributed by atoms with Crippen LogP contribution in [0.25, 0.3) is 0 Å². The Labute approximate surface area is 290 Å². The van der Waals surface area contributed by atoms with Gasteiger partial charge in [-0.15, -0.1) is 0 Å². The number of ether oxygens (including phenoxy) is 3. The minimum atomic E-state index is -0.312. The van der Waals surface area contributed by atoms with E-state index in [9.17, 15) is 4.79 Å². The van der Waals surface area contributed by atoms with Crippen LogP contribution in [0.4, 0.5) is 5.82 Å². The average Bonchev–Trinajstić information content (AvgIpc) is 3.64. The van der Waals surface area contributed by atoms with E-state index in [1.54, 1.807) is 11.9 Å². The number of carbonyl (C=O) groups excluding carboxylic acids is 1. The molecule has 1 aromatic heterocycles. The molecule has 0 saturated heterocycles. The normalized spacial score (nSPS) is 19.3. The highest BCUT2D eigenvalue weighted by atomic mass is 32.2. The van der Waals surface area contributed by atoms with Crippen LogP contribution in [-0.4, -0.2) is 54.9 Å². The van der Waals surface area contributed by atoms with Crippen LogP contribution in [0.5, 0.6) is 0 Å². The fourth-order valence-electron chi connectivity index (χ4n) is 6.74. The van der Waals surface area contributed by atoms with Gasteiger partial charge < -0.3 is 19.5 Å². The summed E-state index contributed by atoms with van der Waals surface area (Å²) in [6.07, 6.45) is 19.4. The van der Waals surface area contributed by atoms with E-state index in [4.69, 9.17) is 19.2 Å². The van der Waals surface area contributed by atoms with Gasteiger partial charge in [-0.3, -0.25) is 4.79 Å². The van der Waals surface area contributed by atoms with Crippen LogP contribution in [-0.2, 0) is 31.8 Å². The maximum absolute atomic E-state index is 11.0. The Hall–Kier alpha value is -2.13. The Morgan fingerprint density at radius 2 is 1.89 bits per heavy atom. The molecule has 3 atom stereocenters. The fraction of sp³-hybridized carbons (Fsp3) is 0.692. The molecule has 7 nitrogen and oxygen atoms in total. The third kappa shape index (κ3) is 12.4. The topological polar surface area (TPSA) is 72.9 Å². The van der Waals surface area contributed by atoms with Gasteiger partial charge in [0.15, 0.2) is 6.10 Å². The summed E-state index contributed by atoms with van der Waals surface area (Å²) >= 11 is 1.70. The second kappa shape index (κ2) is 22.5. The number of fused-ring (bicyclic) bond motifs is 2. The van der Waals surface area contributed by atoms with E-state index in [1.807, 2.05) is 13.8 Å². The lowest BCUT2D eigenvalue weighted by atomic mass is 9.87. The molecule has 3 heterocycles. The largest absolute Gasteiger partial charge is 0.457 e. The molecule has 2 aliphatic heterocycles. The Balaban J connectivity index is 0.000000247. The molecule has 1 saturated carbocycles. The van der Waals surface area contributed by atoms with E-state index < -0.39 is 0 Å². The molecule has 47 heavy (non-hydrogen) atoms. The molecule has 2 aromatic rings. The summed E-state index contributed by atoms with van der Waals surface area (Å²) in [6, 6.07) is 11.1. The minimum Gasteiger partial charge on any atom is -0.457 e. The second-order valence-corrected chi connectivity index (χ2v) is 13.7. The van der Waals surface area contributed by atoms with Crippen molar-refractivity contribution in [3.8, 4) is 0 Å². The van der Waals surface area contributed by atoms with E-state index in [2.05, 4.69) is 67.1 Å². The lowest BCUT2D eigenvalue weighted by Gasteiger charge is -2.35. The number of nitrogens with one attached hydrogen (secondary N) is 1. The maximum atomic E-state index is 11.0. The summed E-state index contributed by atoms with van der Waals surface area (Å²) in [5, 5.41) is 3.41. The van der Waals surface area contributed by atoms with Gasteiger partial charge in [0.25, 0.3) is 6.47 Å². The number of anilines is 1. The molecule has 0 radical (unpaired) electrons. The first-order chi connectivity index (χ1) is 23.0. The van der Waals surface area contributed by atoms with Gasteiger partial charge in [0, 0.05) is 30.5 Å². The minimum absolute atomic E-state index is 0.102. The van der Waals surface area contributed by atoms with Crippen LogP contribution < -0.4 is 5.32 Å². The summed E-state index contributed by atoms with van der Waals surface area (Å²) in [6.45, 7) is 11.4. The van der Waals surface area contributed by atoms with Crippen LogP contribution in [0.2, 0.25) is 0 Å². The monoisotopic (exact) mass is 669 g/mol. The molecule has 8 heteroatoms. The van der Waals surface area contributed by atoms with Crippen molar-refractivity contribution < 1.29 is 19.0 Å². The van der Waals surface area contributed by atoms with Crippen molar-refractivity contribution in [3.63, 3.8) is 0 Å². The van der Waals surface area contributed by atoms with Gasteiger partial charge in [-0.2, -0.15) is 0 Å². The number of rotatable bonds is 16. The van der Waals surface area contributed by atoms with Crippen molar-refractivity contribution in [1.29, 1.82) is 0 Å². The molecule has 5 rings (SSSR count). The maximum Gasteiger partial charge on any atom is 0.293 e. The van der Waals surface area contributed by atoms with Gasteiger partial charge in [0.1, 0.15) is 5.82 Å². The third-order valence-electron chi connectivity index (χ3n) is 9.55. The molecular weight excluding hydrogens is 607 g/mol. The highest BCUT2D eigenvalue weighted by Gasteiger charge is 2.32. The summed E-state index contributed by atoms with van der Waals surface area (Å²) in [5.74, 6) is 1.12. The number of hydrogen-bond donors (Lipinski definition) is 1. The summed E-state index contributed by atoms with van der Waals surface area (Å²) in [5.41, 5.74) is 6.16. The number of benzene rings is 1. The number of unbranched alkanes of at least 4 members (excludes halogenated alkanes) is 4. The lowest BCUT2D eigenvalue weighted by Crippen LogP contribution is -2.27. The van der Waals surface area contributed by atoms with E-state index in [0.29, 0.717) is 19.2 Å². The van der Waals surface area contributed by atoms with Crippen molar-refractivity contribution in [2.75, 3.05) is 38.4 Å². The quantitative estimate of drug-likeness (QED) is 0.108. The number of nitrogens with zero attached hydrogens (tertiary/aromatic N) is 2. The number of aromatic nitrogens is 1. The lowest BCUT2D eigenvalue weighted by molar-refractivity contribution is -0.140. The standard InChI is InChI=1S/C20H31NO3S.C17H26N2O.C2H6/c1-5-6-7-8-12-18-17-11-9-10-16(15(2)21(3)25-4)20(17)19(13-23-18)24-14-22;1-2-9-16(8-1)20-13-4-3-7-15-11-10-14-6-5-12-18-17(14)19-15;1-2/h9-11,14-15,18-19H,5-8,12-13H2,1-4H3;10-11,16H,1-9,12-13H2,(H,18,19);1-2H3. The van der Waals surface area contributed by atoms with Crippen molar-refractivity contribution in [1.82, 2.24) is 9.29 Å². The highest BCUT2D eigenvalue weighted by Crippen LogP contribution is 2.42. The van der Waals surface area contributed by atoms with Crippen molar-refractivity contribution in [2.45, 2.75) is 142 Å². The Kier molecular flexibility index (Phi) is 18.8. The van der Waals surface area contributed by atoms with Gasteiger partial charge in [-0.1, -0.05) is 95.5 Å². The Bertz CT molecular complexity index is 1160. The molecule has 0 bridgehead atoms. The molecular formula is C39H63N3O4S. The molecule has 1 aliphatic carbocycles. The van der Waals surface area contributed by atoms with Crippen LogP contribution in [0, 0.1) is 0 Å². The first kappa shape index (κ1) is 39.3. The molecule has 0 spiro atoms. The second-order valence-electron chi connectivity index (χ2n) is 12.7. The van der Waals surface area contributed by atoms with Crippen LogP contribution in [0.15, 0.2) is 30.3 Å². The van der Waals surface area contributed by atoms with Gasteiger partial charge >= 0.3 is 0 Å². The van der Waals surface area contributed by atoms with E-state index in [1.165, 1.54) is 93.0 Å². The zero-order chi connectivity index (χ0) is 33.9. The molecule has 1 aromatic carbocycles. The van der Waals surface area contributed by atoms with Crippen LogP contribution >= 0.6 is 11.9 Å². The van der Waals surface area contributed by atoms with Crippen molar-refractivity contribution in [3.05, 3.63) is 58.3 Å². The molecule has 1 fully saturated rings. The predicted octanol–water partition coefficient (Wildman–Crippen LogP) is 9.96. The number of carbonyl (C=O) groups is 1. The first-order valence-corrected chi connectivity index (χ1v) is 19.7. The zero-order valence-electron chi connectivity index (χ0n) is 30.2. The van der Waals surface area contributed by atoms with E-state index >= 15 is 0 Å². The summed E-state index contributed by atoms with van der Waals surface area (Å²) in [4.78, 5) is 15.7. The molecule has 1 N–H and O–H groups in total. The van der Waals surface area contributed by atoms with E-state index in [0.717, 1.165) is 43.8 Å². The SMILES string of the molecule is CC.CCCCCCC1OCC(OC=O)c2c1cccc2C(C)N(C)SC.c1cc2c(nc1CCCCOC1CCCC1)NCCC2.